The first-order chi connectivity index (χ1) is 8.34. The van der Waals surface area contributed by atoms with Crippen LogP contribution in [0.3, 0.4) is 0 Å². The molecule has 4 N–H and O–H groups in total. The van der Waals surface area contributed by atoms with Crippen LogP contribution in [0.1, 0.15) is 29.8 Å². The molecule has 0 radical (unpaired) electrons. The van der Waals surface area contributed by atoms with Crippen molar-refractivity contribution in [1.29, 1.82) is 0 Å². The Hall–Kier alpha value is -1.88. The highest BCUT2D eigenvalue weighted by molar-refractivity contribution is 5.98. The van der Waals surface area contributed by atoms with Crippen molar-refractivity contribution in [3.8, 4) is 0 Å². The summed E-state index contributed by atoms with van der Waals surface area (Å²) in [6.45, 7) is 5.36. The number of benzene rings is 1. The van der Waals surface area contributed by atoms with Gasteiger partial charge in [0.2, 0.25) is 5.91 Å². The first-order valence-corrected chi connectivity index (χ1v) is 5.74. The maximum Gasteiger partial charge on any atom is 0.336 e. The Morgan fingerprint density at radius 2 is 1.94 bits per heavy atom. The van der Waals surface area contributed by atoms with Gasteiger partial charge in [-0.05, 0) is 30.5 Å². The second kappa shape index (κ2) is 5.64. The first kappa shape index (κ1) is 14.2. The van der Waals surface area contributed by atoms with E-state index in [2.05, 4.69) is 5.32 Å². The fourth-order valence-electron chi connectivity index (χ4n) is 1.52. The van der Waals surface area contributed by atoms with Gasteiger partial charge in [-0.3, -0.25) is 4.79 Å². The molecule has 0 unspecified atom stereocenters. The molecule has 0 spiro atoms. The van der Waals surface area contributed by atoms with Gasteiger partial charge in [0.15, 0.2) is 0 Å². The number of amides is 1. The Morgan fingerprint density at radius 1 is 1.33 bits per heavy atom. The van der Waals surface area contributed by atoms with Gasteiger partial charge in [0.05, 0.1) is 11.6 Å². The Balaban J connectivity index is 2.96. The zero-order valence-electron chi connectivity index (χ0n) is 10.7. The summed E-state index contributed by atoms with van der Waals surface area (Å²) in [4.78, 5) is 22.8. The van der Waals surface area contributed by atoms with Gasteiger partial charge in [0.1, 0.15) is 0 Å². The van der Waals surface area contributed by atoms with Gasteiger partial charge >= 0.3 is 5.97 Å². The van der Waals surface area contributed by atoms with Crippen molar-refractivity contribution in [2.45, 2.75) is 26.8 Å². The third-order valence-corrected chi connectivity index (χ3v) is 2.84. The van der Waals surface area contributed by atoms with E-state index in [-0.39, 0.29) is 17.4 Å². The molecule has 0 saturated carbocycles. The molecule has 1 atom stereocenters. The SMILES string of the molecule is Cc1c(NC(=O)[C@@H](N)C(C)C)cccc1C(=O)O. The molecule has 0 aliphatic rings. The van der Waals surface area contributed by atoms with Crippen LogP contribution in [0.15, 0.2) is 18.2 Å². The maximum atomic E-state index is 11.8. The summed E-state index contributed by atoms with van der Waals surface area (Å²) in [5.74, 6) is -1.31. The van der Waals surface area contributed by atoms with Gasteiger partial charge in [-0.2, -0.15) is 0 Å². The van der Waals surface area contributed by atoms with Crippen molar-refractivity contribution in [3.05, 3.63) is 29.3 Å². The highest BCUT2D eigenvalue weighted by Gasteiger charge is 2.19. The van der Waals surface area contributed by atoms with Crippen LogP contribution in [0.5, 0.6) is 0 Å². The molecule has 1 rings (SSSR count). The smallest absolute Gasteiger partial charge is 0.336 e. The summed E-state index contributed by atoms with van der Waals surface area (Å²) in [6, 6.07) is 4.13. The van der Waals surface area contributed by atoms with Gasteiger partial charge in [0.25, 0.3) is 0 Å². The molecule has 0 aliphatic carbocycles. The molecule has 1 amide bonds. The van der Waals surface area contributed by atoms with Crippen LogP contribution in [-0.4, -0.2) is 23.0 Å². The minimum Gasteiger partial charge on any atom is -0.478 e. The molecule has 1 aromatic carbocycles. The fourth-order valence-corrected chi connectivity index (χ4v) is 1.52. The summed E-state index contributed by atoms with van der Waals surface area (Å²) in [7, 11) is 0. The van der Waals surface area contributed by atoms with Crippen LogP contribution in [0, 0.1) is 12.8 Å². The first-order valence-electron chi connectivity index (χ1n) is 5.74. The van der Waals surface area contributed by atoms with E-state index >= 15 is 0 Å². The molecule has 18 heavy (non-hydrogen) atoms. The molecule has 0 fully saturated rings. The lowest BCUT2D eigenvalue weighted by molar-refractivity contribution is -0.118. The van der Waals surface area contributed by atoms with Gasteiger partial charge in [0, 0.05) is 5.69 Å². The van der Waals surface area contributed by atoms with Crippen LogP contribution >= 0.6 is 0 Å². The van der Waals surface area contributed by atoms with Crippen molar-refractivity contribution >= 4 is 17.6 Å². The number of carbonyl (C=O) groups is 2. The lowest BCUT2D eigenvalue weighted by atomic mass is 10.0. The number of hydrogen-bond acceptors (Lipinski definition) is 3. The van der Waals surface area contributed by atoms with E-state index in [1.54, 1.807) is 19.1 Å². The van der Waals surface area contributed by atoms with Crippen LogP contribution in [-0.2, 0) is 4.79 Å². The monoisotopic (exact) mass is 250 g/mol. The number of aromatic carboxylic acids is 1. The lowest BCUT2D eigenvalue weighted by Gasteiger charge is -2.17. The zero-order valence-corrected chi connectivity index (χ0v) is 10.7. The van der Waals surface area contributed by atoms with E-state index in [1.807, 2.05) is 13.8 Å². The van der Waals surface area contributed by atoms with Crippen molar-refractivity contribution in [3.63, 3.8) is 0 Å². The maximum absolute atomic E-state index is 11.8. The van der Waals surface area contributed by atoms with Crippen LogP contribution in [0.2, 0.25) is 0 Å². The minimum atomic E-state index is -1.02. The van der Waals surface area contributed by atoms with Crippen LogP contribution in [0.25, 0.3) is 0 Å². The summed E-state index contributed by atoms with van der Waals surface area (Å²) >= 11 is 0. The molecule has 98 valence electrons. The van der Waals surface area contributed by atoms with E-state index in [1.165, 1.54) is 6.07 Å². The Kier molecular flexibility index (Phi) is 4.44. The average Bonchev–Trinajstić information content (AvgIpc) is 2.30. The van der Waals surface area contributed by atoms with Gasteiger partial charge in [-0.15, -0.1) is 0 Å². The van der Waals surface area contributed by atoms with Crippen molar-refractivity contribution in [2.24, 2.45) is 11.7 Å². The zero-order chi connectivity index (χ0) is 13.9. The Bertz CT molecular complexity index is 469. The highest BCUT2D eigenvalue weighted by atomic mass is 16.4. The predicted octanol–water partition coefficient (Wildman–Crippen LogP) is 1.62. The normalized spacial score (nSPS) is 12.3. The molecular formula is C13H18N2O3. The van der Waals surface area contributed by atoms with Crippen molar-refractivity contribution in [1.82, 2.24) is 0 Å². The quantitative estimate of drug-likeness (QED) is 0.757. The highest BCUT2D eigenvalue weighted by Crippen LogP contribution is 2.19. The average molecular weight is 250 g/mol. The molecule has 0 heterocycles. The summed E-state index contributed by atoms with van der Waals surface area (Å²) in [5.41, 5.74) is 6.90. The van der Waals surface area contributed by atoms with Crippen molar-refractivity contribution in [2.75, 3.05) is 5.32 Å². The topological polar surface area (TPSA) is 92.4 Å². The largest absolute Gasteiger partial charge is 0.478 e. The van der Waals surface area contributed by atoms with Gasteiger partial charge in [-0.1, -0.05) is 19.9 Å². The Morgan fingerprint density at radius 3 is 2.44 bits per heavy atom. The molecule has 0 aromatic heterocycles. The molecular weight excluding hydrogens is 232 g/mol. The minimum absolute atomic E-state index is 0.0213. The van der Waals surface area contributed by atoms with Gasteiger partial charge < -0.3 is 16.2 Å². The molecule has 1 aromatic rings. The molecule has 0 saturated heterocycles. The Labute approximate surface area is 106 Å². The van der Waals surface area contributed by atoms with Gasteiger partial charge in [-0.25, -0.2) is 4.79 Å². The van der Waals surface area contributed by atoms with Crippen molar-refractivity contribution < 1.29 is 14.7 Å². The second-order valence-corrected chi connectivity index (χ2v) is 4.54. The van der Waals surface area contributed by atoms with Crippen LogP contribution in [0.4, 0.5) is 5.69 Å². The second-order valence-electron chi connectivity index (χ2n) is 4.54. The number of carbonyl (C=O) groups excluding carboxylic acids is 1. The number of anilines is 1. The predicted molar refractivity (Wildman–Crippen MR) is 69.6 cm³/mol. The third kappa shape index (κ3) is 3.07. The number of hydrogen-bond donors (Lipinski definition) is 3. The van der Waals surface area contributed by atoms with E-state index in [0.29, 0.717) is 11.3 Å². The number of carboxylic acid groups (broad SMARTS) is 1. The van der Waals surface area contributed by atoms with Crippen LogP contribution < -0.4 is 11.1 Å². The number of carboxylic acids is 1. The summed E-state index contributed by atoms with van der Waals surface area (Å²) in [5, 5.41) is 11.6. The van der Waals surface area contributed by atoms with E-state index in [0.717, 1.165) is 0 Å². The number of rotatable bonds is 4. The van der Waals surface area contributed by atoms with E-state index in [9.17, 15) is 9.59 Å². The third-order valence-electron chi connectivity index (χ3n) is 2.84. The lowest BCUT2D eigenvalue weighted by Crippen LogP contribution is -2.39. The summed E-state index contributed by atoms with van der Waals surface area (Å²) in [6.07, 6.45) is 0. The molecule has 0 bridgehead atoms. The van der Waals surface area contributed by atoms with E-state index in [4.69, 9.17) is 10.8 Å². The number of nitrogens with one attached hydrogen (secondary N) is 1. The number of nitrogens with two attached hydrogens (primary N) is 1. The standard InChI is InChI=1S/C13H18N2O3/c1-7(2)11(14)12(16)15-10-6-4-5-9(8(10)3)13(17)18/h4-7,11H,14H2,1-3H3,(H,15,16)(H,17,18)/t11-/m0/s1. The molecule has 0 aliphatic heterocycles. The van der Waals surface area contributed by atoms with E-state index < -0.39 is 12.0 Å². The molecule has 5 nitrogen and oxygen atoms in total. The molecule has 5 heteroatoms. The summed E-state index contributed by atoms with van der Waals surface area (Å²) < 4.78 is 0. The fraction of sp³-hybridized carbons (Fsp3) is 0.385.